The fourth-order valence-corrected chi connectivity index (χ4v) is 3.41. The van der Waals surface area contributed by atoms with Crippen molar-refractivity contribution in [2.24, 2.45) is 5.92 Å². The number of aromatic amines is 1. The van der Waals surface area contributed by atoms with Crippen LogP contribution in [0, 0.1) is 12.8 Å². The summed E-state index contributed by atoms with van der Waals surface area (Å²) in [6.45, 7) is 3.55. The van der Waals surface area contributed by atoms with Gasteiger partial charge in [-0.3, -0.25) is 4.79 Å². The summed E-state index contributed by atoms with van der Waals surface area (Å²) >= 11 is 0. The van der Waals surface area contributed by atoms with Crippen molar-refractivity contribution in [3.63, 3.8) is 0 Å². The Morgan fingerprint density at radius 1 is 1.44 bits per heavy atom. The lowest BCUT2D eigenvalue weighted by Crippen LogP contribution is -2.47. The fraction of sp³-hybridized carbons (Fsp3) is 0.400. The van der Waals surface area contributed by atoms with Crippen molar-refractivity contribution in [3.8, 4) is 0 Å². The number of rotatable bonds is 5. The average Bonchev–Trinajstić information content (AvgIpc) is 3.15. The van der Waals surface area contributed by atoms with Gasteiger partial charge in [-0.05, 0) is 42.9 Å². The van der Waals surface area contributed by atoms with Crippen molar-refractivity contribution in [2.75, 3.05) is 20.2 Å². The van der Waals surface area contributed by atoms with E-state index >= 15 is 0 Å². The van der Waals surface area contributed by atoms with Gasteiger partial charge in [0.05, 0.1) is 24.3 Å². The first kappa shape index (κ1) is 17.4. The second kappa shape index (κ2) is 8.12. The number of hydrogen-bond donors (Lipinski definition) is 1. The summed E-state index contributed by atoms with van der Waals surface area (Å²) in [5.74, 6) is 0.456. The van der Waals surface area contributed by atoms with E-state index in [9.17, 15) is 4.79 Å². The molecular weight excluding hydrogens is 314 g/mol. The third-order valence-electron chi connectivity index (χ3n) is 4.98. The van der Waals surface area contributed by atoms with Crippen LogP contribution >= 0.6 is 0 Å². The first-order valence-electron chi connectivity index (χ1n) is 8.70. The highest BCUT2D eigenvalue weighted by atomic mass is 16.5. The highest BCUT2D eigenvalue weighted by Gasteiger charge is 2.31. The second-order valence-electron chi connectivity index (χ2n) is 6.58. The standard InChI is InChI=1S/C20H25N3O2/c1-15-5-3-4-6-16(15)11-17-9-10-23(13-19(17)25-2)20(24)8-7-18-12-21-14-22-18/h3-8,12,14,17,19H,9-11,13H2,1-2H3,(H,21,22)/b8-7+/t17-,19-/m1/s1. The molecule has 25 heavy (non-hydrogen) atoms. The maximum absolute atomic E-state index is 12.4. The number of piperidine rings is 1. The number of ether oxygens (including phenoxy) is 1. The van der Waals surface area contributed by atoms with Crippen molar-refractivity contribution in [3.05, 3.63) is 59.7 Å². The van der Waals surface area contributed by atoms with Crippen LogP contribution in [-0.2, 0) is 16.0 Å². The molecule has 0 unspecified atom stereocenters. The Kier molecular flexibility index (Phi) is 5.66. The molecule has 0 saturated carbocycles. The SMILES string of the molecule is CO[C@@H]1CN(C(=O)/C=C/c2cnc[nH]2)CC[C@@H]1Cc1ccccc1C. The Bertz CT molecular complexity index is 724. The molecule has 1 N–H and O–H groups in total. The van der Waals surface area contributed by atoms with E-state index in [0.29, 0.717) is 12.5 Å². The molecule has 2 aromatic rings. The number of amides is 1. The van der Waals surface area contributed by atoms with Gasteiger partial charge in [0.1, 0.15) is 0 Å². The Labute approximate surface area is 148 Å². The summed E-state index contributed by atoms with van der Waals surface area (Å²) in [4.78, 5) is 21.2. The smallest absolute Gasteiger partial charge is 0.246 e. The van der Waals surface area contributed by atoms with E-state index in [4.69, 9.17) is 4.74 Å². The lowest BCUT2D eigenvalue weighted by Gasteiger charge is -2.37. The number of methoxy groups -OCH3 is 1. The van der Waals surface area contributed by atoms with Crippen molar-refractivity contribution < 1.29 is 9.53 Å². The summed E-state index contributed by atoms with van der Waals surface area (Å²) in [5, 5.41) is 0. The van der Waals surface area contributed by atoms with E-state index in [-0.39, 0.29) is 12.0 Å². The summed E-state index contributed by atoms with van der Waals surface area (Å²) in [6, 6.07) is 8.49. The van der Waals surface area contributed by atoms with Gasteiger partial charge in [-0.15, -0.1) is 0 Å². The molecule has 132 valence electrons. The number of imidazole rings is 1. The molecule has 5 nitrogen and oxygen atoms in total. The maximum Gasteiger partial charge on any atom is 0.246 e. The van der Waals surface area contributed by atoms with Gasteiger partial charge >= 0.3 is 0 Å². The van der Waals surface area contributed by atoms with Crippen LogP contribution in [0.15, 0.2) is 42.9 Å². The van der Waals surface area contributed by atoms with E-state index in [1.807, 2.05) is 4.90 Å². The van der Waals surface area contributed by atoms with Gasteiger partial charge in [0.2, 0.25) is 5.91 Å². The summed E-state index contributed by atoms with van der Waals surface area (Å²) in [6.07, 6.45) is 8.67. The number of benzene rings is 1. The minimum absolute atomic E-state index is 0.0194. The predicted molar refractivity (Wildman–Crippen MR) is 98.0 cm³/mol. The molecule has 2 heterocycles. The molecule has 5 heteroatoms. The molecule has 3 rings (SSSR count). The van der Waals surface area contributed by atoms with Gasteiger partial charge in [0, 0.05) is 26.3 Å². The van der Waals surface area contributed by atoms with E-state index in [1.165, 1.54) is 11.1 Å². The van der Waals surface area contributed by atoms with Crippen LogP contribution in [0.4, 0.5) is 0 Å². The number of aryl methyl sites for hydroxylation is 1. The van der Waals surface area contributed by atoms with Gasteiger partial charge in [0.25, 0.3) is 0 Å². The van der Waals surface area contributed by atoms with Crippen molar-refractivity contribution >= 4 is 12.0 Å². The first-order chi connectivity index (χ1) is 12.2. The number of carbonyl (C=O) groups is 1. The monoisotopic (exact) mass is 339 g/mol. The average molecular weight is 339 g/mol. The van der Waals surface area contributed by atoms with Crippen LogP contribution in [0.2, 0.25) is 0 Å². The molecule has 0 spiro atoms. The Morgan fingerprint density at radius 3 is 3.00 bits per heavy atom. The highest BCUT2D eigenvalue weighted by Crippen LogP contribution is 2.25. The lowest BCUT2D eigenvalue weighted by atomic mass is 9.86. The number of nitrogens with zero attached hydrogens (tertiary/aromatic N) is 2. The molecule has 1 saturated heterocycles. The lowest BCUT2D eigenvalue weighted by molar-refractivity contribution is -0.131. The van der Waals surface area contributed by atoms with Crippen LogP contribution < -0.4 is 0 Å². The normalized spacial score (nSPS) is 21.0. The van der Waals surface area contributed by atoms with Crippen molar-refractivity contribution in [1.29, 1.82) is 0 Å². The topological polar surface area (TPSA) is 58.2 Å². The molecule has 1 aliphatic rings. The number of H-pyrrole nitrogens is 1. The second-order valence-corrected chi connectivity index (χ2v) is 6.58. The Hall–Kier alpha value is -2.40. The fourth-order valence-electron chi connectivity index (χ4n) is 3.41. The third-order valence-corrected chi connectivity index (χ3v) is 4.98. The van der Waals surface area contributed by atoms with Crippen LogP contribution in [-0.4, -0.2) is 47.1 Å². The summed E-state index contributed by atoms with van der Waals surface area (Å²) in [5.41, 5.74) is 3.51. The number of hydrogen-bond acceptors (Lipinski definition) is 3. The molecule has 1 aromatic heterocycles. The zero-order chi connectivity index (χ0) is 17.6. The predicted octanol–water partition coefficient (Wildman–Crippen LogP) is 2.84. The number of likely N-dealkylation sites (tertiary alicyclic amines) is 1. The highest BCUT2D eigenvalue weighted by molar-refractivity contribution is 5.91. The van der Waals surface area contributed by atoms with Crippen LogP contribution in [0.5, 0.6) is 0 Å². The first-order valence-corrected chi connectivity index (χ1v) is 8.70. The van der Waals surface area contributed by atoms with Crippen molar-refractivity contribution in [1.82, 2.24) is 14.9 Å². The van der Waals surface area contributed by atoms with Gasteiger partial charge < -0.3 is 14.6 Å². The van der Waals surface area contributed by atoms with Gasteiger partial charge in [-0.2, -0.15) is 0 Å². The largest absolute Gasteiger partial charge is 0.379 e. The van der Waals surface area contributed by atoms with E-state index in [2.05, 4.69) is 41.2 Å². The molecular formula is C20H25N3O2. The maximum atomic E-state index is 12.4. The zero-order valence-electron chi connectivity index (χ0n) is 14.8. The molecule has 0 aliphatic carbocycles. The van der Waals surface area contributed by atoms with Gasteiger partial charge in [0.15, 0.2) is 0 Å². The van der Waals surface area contributed by atoms with Crippen LogP contribution in [0.3, 0.4) is 0 Å². The van der Waals surface area contributed by atoms with Gasteiger partial charge in [-0.25, -0.2) is 4.98 Å². The van der Waals surface area contributed by atoms with E-state index in [1.54, 1.807) is 31.8 Å². The number of carbonyl (C=O) groups excluding carboxylic acids is 1. The van der Waals surface area contributed by atoms with Gasteiger partial charge in [-0.1, -0.05) is 24.3 Å². The minimum Gasteiger partial charge on any atom is -0.379 e. The minimum atomic E-state index is 0.0194. The molecule has 0 bridgehead atoms. The molecule has 1 amide bonds. The molecule has 0 radical (unpaired) electrons. The van der Waals surface area contributed by atoms with E-state index < -0.39 is 0 Å². The summed E-state index contributed by atoms with van der Waals surface area (Å²) < 4.78 is 5.71. The van der Waals surface area contributed by atoms with E-state index in [0.717, 1.165) is 25.1 Å². The Morgan fingerprint density at radius 2 is 2.28 bits per heavy atom. The van der Waals surface area contributed by atoms with Crippen LogP contribution in [0.1, 0.15) is 23.2 Å². The molecule has 1 aliphatic heterocycles. The Balaban J connectivity index is 1.61. The summed E-state index contributed by atoms with van der Waals surface area (Å²) in [7, 11) is 1.74. The van der Waals surface area contributed by atoms with Crippen LogP contribution in [0.25, 0.3) is 6.08 Å². The zero-order valence-corrected chi connectivity index (χ0v) is 14.8. The van der Waals surface area contributed by atoms with Crippen molar-refractivity contribution in [2.45, 2.75) is 25.9 Å². The molecule has 2 atom stereocenters. The quantitative estimate of drug-likeness (QED) is 0.852. The molecule has 1 fully saturated rings. The third kappa shape index (κ3) is 4.37. The number of nitrogens with one attached hydrogen (secondary N) is 1. The molecule has 1 aromatic carbocycles. The number of aromatic nitrogens is 2.